The summed E-state index contributed by atoms with van der Waals surface area (Å²) in [7, 11) is 3.12. The third kappa shape index (κ3) is 4.74. The fourth-order valence-corrected chi connectivity index (χ4v) is 3.97. The number of amides is 1. The third-order valence-electron chi connectivity index (χ3n) is 5.70. The molecule has 1 amide bonds. The van der Waals surface area contributed by atoms with E-state index in [0.717, 1.165) is 24.0 Å². The summed E-state index contributed by atoms with van der Waals surface area (Å²) in [6.45, 7) is 0. The standard InChI is InChI=1S/C26H25N5O5/c1-33-18-8-16(9-19(11-18)34-2)10-24(32)30-26-25(29-23-12-28-22(27)13-31(23)26)21-15-35-14-20(36-21)17-6-4-3-5-7-17/h3-4,6,8-9,11-15H,5,7,10,27H2,1-2H3,(H,30,32). The maximum absolute atomic E-state index is 13.2. The number of hydrogen-bond acceptors (Lipinski definition) is 8. The van der Waals surface area contributed by atoms with Gasteiger partial charge in [0.05, 0.1) is 33.0 Å². The van der Waals surface area contributed by atoms with Crippen LogP contribution in [0.5, 0.6) is 11.5 Å². The summed E-state index contributed by atoms with van der Waals surface area (Å²) in [5.74, 6) is 2.50. The summed E-state index contributed by atoms with van der Waals surface area (Å²) >= 11 is 0. The van der Waals surface area contributed by atoms with E-state index in [-0.39, 0.29) is 18.1 Å². The number of allylic oxidation sites excluding steroid dienone is 4. The molecule has 2 aromatic heterocycles. The Bertz CT molecular complexity index is 1430. The molecule has 1 aliphatic carbocycles. The van der Waals surface area contributed by atoms with Crippen LogP contribution >= 0.6 is 0 Å². The summed E-state index contributed by atoms with van der Waals surface area (Å²) in [6, 6.07) is 5.31. The fourth-order valence-electron chi connectivity index (χ4n) is 3.97. The number of carbonyl (C=O) groups excluding carboxylic acids is 1. The zero-order valence-corrected chi connectivity index (χ0v) is 19.9. The molecule has 0 bridgehead atoms. The van der Waals surface area contributed by atoms with Crippen molar-refractivity contribution in [1.29, 1.82) is 0 Å². The molecule has 5 rings (SSSR count). The Balaban J connectivity index is 1.45. The molecule has 0 saturated heterocycles. The average molecular weight is 488 g/mol. The predicted molar refractivity (Wildman–Crippen MR) is 134 cm³/mol. The highest BCUT2D eigenvalue weighted by Crippen LogP contribution is 2.34. The molecule has 0 saturated carbocycles. The number of rotatable bonds is 7. The van der Waals surface area contributed by atoms with Gasteiger partial charge in [0.25, 0.3) is 0 Å². The Labute approximate surface area is 207 Å². The lowest BCUT2D eigenvalue weighted by Crippen LogP contribution is -2.17. The molecule has 3 aromatic rings. The smallest absolute Gasteiger partial charge is 0.229 e. The van der Waals surface area contributed by atoms with Crippen molar-refractivity contribution >= 4 is 28.9 Å². The molecule has 1 aromatic carbocycles. The first kappa shape index (κ1) is 23.0. The van der Waals surface area contributed by atoms with E-state index in [1.54, 1.807) is 49.3 Å². The van der Waals surface area contributed by atoms with Crippen LogP contribution in [0.4, 0.5) is 11.6 Å². The van der Waals surface area contributed by atoms with E-state index in [1.807, 2.05) is 12.2 Å². The van der Waals surface area contributed by atoms with Crippen molar-refractivity contribution in [3.05, 3.63) is 83.9 Å². The third-order valence-corrected chi connectivity index (χ3v) is 5.70. The van der Waals surface area contributed by atoms with Gasteiger partial charge in [-0.25, -0.2) is 9.97 Å². The number of anilines is 2. The lowest BCUT2D eigenvalue weighted by atomic mass is 10.0. The molecular weight excluding hydrogens is 462 g/mol. The van der Waals surface area contributed by atoms with Crippen molar-refractivity contribution in [1.82, 2.24) is 14.4 Å². The largest absolute Gasteiger partial charge is 0.497 e. The molecule has 10 heteroatoms. The van der Waals surface area contributed by atoms with Crippen LogP contribution in [0.2, 0.25) is 0 Å². The van der Waals surface area contributed by atoms with E-state index >= 15 is 0 Å². The van der Waals surface area contributed by atoms with Crippen LogP contribution < -0.4 is 20.5 Å². The molecule has 0 radical (unpaired) electrons. The Morgan fingerprint density at radius 3 is 2.67 bits per heavy atom. The van der Waals surface area contributed by atoms with Gasteiger partial charge in [-0.05, 0) is 36.1 Å². The monoisotopic (exact) mass is 487 g/mol. The van der Waals surface area contributed by atoms with E-state index in [2.05, 4.69) is 21.4 Å². The summed E-state index contributed by atoms with van der Waals surface area (Å²) in [4.78, 5) is 21.9. The van der Waals surface area contributed by atoms with Crippen LogP contribution in [0, 0.1) is 0 Å². The van der Waals surface area contributed by atoms with Gasteiger partial charge in [-0.2, -0.15) is 0 Å². The molecule has 0 fully saturated rings. The van der Waals surface area contributed by atoms with Crippen molar-refractivity contribution in [3.8, 4) is 11.5 Å². The van der Waals surface area contributed by atoms with Crippen LogP contribution in [0.1, 0.15) is 24.1 Å². The van der Waals surface area contributed by atoms with E-state index in [0.29, 0.717) is 40.2 Å². The lowest BCUT2D eigenvalue weighted by Gasteiger charge is -2.19. The highest BCUT2D eigenvalue weighted by molar-refractivity contribution is 5.94. The molecule has 184 valence electrons. The number of nitrogens with two attached hydrogens (primary N) is 1. The van der Waals surface area contributed by atoms with Crippen molar-refractivity contribution < 1.29 is 23.7 Å². The first-order chi connectivity index (χ1) is 17.5. The maximum Gasteiger partial charge on any atom is 0.229 e. The first-order valence-electron chi connectivity index (χ1n) is 11.3. The minimum atomic E-state index is -0.281. The Kier molecular flexibility index (Phi) is 6.31. The van der Waals surface area contributed by atoms with Crippen molar-refractivity contribution in [2.24, 2.45) is 0 Å². The normalized spacial score (nSPS) is 14.8. The quantitative estimate of drug-likeness (QED) is 0.513. The Morgan fingerprint density at radius 2 is 1.94 bits per heavy atom. The van der Waals surface area contributed by atoms with E-state index in [1.165, 1.54) is 12.5 Å². The number of carbonyl (C=O) groups is 1. The van der Waals surface area contributed by atoms with Crippen LogP contribution in [-0.2, 0) is 20.7 Å². The lowest BCUT2D eigenvalue weighted by molar-refractivity contribution is -0.115. The highest BCUT2D eigenvalue weighted by atomic mass is 16.5. The molecule has 0 unspecified atom stereocenters. The summed E-state index contributed by atoms with van der Waals surface area (Å²) in [6.07, 6.45) is 14.0. The first-order valence-corrected chi connectivity index (χ1v) is 11.3. The molecule has 3 N–H and O–H groups in total. The SMILES string of the molecule is COc1cc(CC(=O)Nc2c(C3=COC=C(C4=CC=CCC4)O3)nc3cnc(N)cn23)cc(OC)c1. The van der Waals surface area contributed by atoms with E-state index in [9.17, 15) is 4.79 Å². The molecule has 2 aliphatic rings. The number of aromatic nitrogens is 3. The molecule has 36 heavy (non-hydrogen) atoms. The van der Waals surface area contributed by atoms with Crippen LogP contribution in [0.25, 0.3) is 11.4 Å². The van der Waals surface area contributed by atoms with Crippen molar-refractivity contribution in [2.75, 3.05) is 25.3 Å². The fraction of sp³-hybridized carbons (Fsp3) is 0.192. The zero-order chi connectivity index (χ0) is 25.1. The van der Waals surface area contributed by atoms with Crippen LogP contribution in [0.3, 0.4) is 0 Å². The number of benzene rings is 1. The Morgan fingerprint density at radius 1 is 1.17 bits per heavy atom. The summed E-state index contributed by atoms with van der Waals surface area (Å²) in [5.41, 5.74) is 8.53. The molecule has 0 atom stereocenters. The number of nitrogens with one attached hydrogen (secondary N) is 1. The van der Waals surface area contributed by atoms with Gasteiger partial charge >= 0.3 is 0 Å². The van der Waals surface area contributed by atoms with Gasteiger partial charge in [0.2, 0.25) is 5.91 Å². The molecule has 1 aliphatic heterocycles. The van der Waals surface area contributed by atoms with Gasteiger partial charge in [-0.15, -0.1) is 0 Å². The van der Waals surface area contributed by atoms with Crippen molar-refractivity contribution in [3.63, 3.8) is 0 Å². The molecule has 0 spiro atoms. The number of methoxy groups -OCH3 is 2. The second-order valence-electron chi connectivity index (χ2n) is 8.16. The van der Waals surface area contributed by atoms with Crippen LogP contribution in [0.15, 0.2) is 72.7 Å². The summed E-state index contributed by atoms with van der Waals surface area (Å²) in [5, 5.41) is 2.95. The van der Waals surface area contributed by atoms with E-state index < -0.39 is 0 Å². The Hall–Kier alpha value is -4.73. The van der Waals surface area contributed by atoms with E-state index in [4.69, 9.17) is 24.7 Å². The van der Waals surface area contributed by atoms with Gasteiger partial charge in [0, 0.05) is 6.07 Å². The van der Waals surface area contributed by atoms with Gasteiger partial charge < -0.3 is 30.0 Å². The minimum Gasteiger partial charge on any atom is -0.497 e. The minimum absolute atomic E-state index is 0.0710. The van der Waals surface area contributed by atoms with Gasteiger partial charge in [0.1, 0.15) is 35.7 Å². The number of fused-ring (bicyclic) bond motifs is 1. The predicted octanol–water partition coefficient (Wildman–Crippen LogP) is 3.97. The molecule has 3 heterocycles. The molecular formula is C26H25N5O5. The summed E-state index contributed by atoms with van der Waals surface area (Å²) < 4.78 is 24.0. The van der Waals surface area contributed by atoms with Gasteiger partial charge in [-0.3, -0.25) is 9.20 Å². The van der Waals surface area contributed by atoms with Crippen molar-refractivity contribution in [2.45, 2.75) is 19.3 Å². The number of nitrogens with zero attached hydrogens (tertiary/aromatic N) is 3. The average Bonchev–Trinajstić information content (AvgIpc) is 3.26. The number of hydrogen-bond donors (Lipinski definition) is 2. The number of nitrogen functional groups attached to an aromatic ring is 1. The highest BCUT2D eigenvalue weighted by Gasteiger charge is 2.24. The van der Waals surface area contributed by atoms with Gasteiger partial charge in [-0.1, -0.05) is 18.2 Å². The molecule has 10 nitrogen and oxygen atoms in total. The second-order valence-corrected chi connectivity index (χ2v) is 8.16. The topological polar surface area (TPSA) is 122 Å². The maximum atomic E-state index is 13.2. The zero-order valence-electron chi connectivity index (χ0n) is 19.9. The number of ether oxygens (including phenoxy) is 4. The van der Waals surface area contributed by atoms with Crippen LogP contribution in [-0.4, -0.2) is 34.5 Å². The second kappa shape index (κ2) is 9.87. The number of imidazole rings is 1. The van der Waals surface area contributed by atoms with Gasteiger partial charge in [0.15, 0.2) is 22.9 Å².